The molecular weight excluding hydrogens is 284 g/mol. The van der Waals surface area contributed by atoms with Crippen molar-refractivity contribution in [1.29, 1.82) is 0 Å². The summed E-state index contributed by atoms with van der Waals surface area (Å²) >= 11 is 1.70. The number of benzene rings is 1. The Bertz CT molecular complexity index is 592. The summed E-state index contributed by atoms with van der Waals surface area (Å²) in [6, 6.07) is 11.9. The minimum absolute atomic E-state index is 0.135. The zero-order valence-electron chi connectivity index (χ0n) is 11.7. The van der Waals surface area contributed by atoms with Gasteiger partial charge in [-0.1, -0.05) is 6.07 Å². The van der Waals surface area contributed by atoms with Crippen molar-refractivity contribution >= 4 is 11.8 Å². The van der Waals surface area contributed by atoms with Crippen LogP contribution >= 0.6 is 11.8 Å². The fourth-order valence-electron chi connectivity index (χ4n) is 2.18. The maximum Gasteiger partial charge on any atom is 0.162 e. The topological polar surface area (TPSA) is 57.4 Å². The summed E-state index contributed by atoms with van der Waals surface area (Å²) in [6.07, 6.45) is 2.71. The predicted octanol–water partition coefficient (Wildman–Crippen LogP) is 3.04. The van der Waals surface area contributed by atoms with Gasteiger partial charge in [-0.3, -0.25) is 4.98 Å². The maximum atomic E-state index is 5.90. The van der Waals surface area contributed by atoms with Crippen LogP contribution in [0.5, 0.6) is 11.5 Å². The van der Waals surface area contributed by atoms with Crippen molar-refractivity contribution in [2.75, 3.05) is 19.8 Å². The number of thioether (sulfide) groups is 1. The monoisotopic (exact) mass is 302 g/mol. The number of aromatic nitrogens is 1. The van der Waals surface area contributed by atoms with Crippen LogP contribution in [-0.4, -0.2) is 24.7 Å². The Kier molecular flexibility index (Phi) is 4.62. The Labute approximate surface area is 128 Å². The van der Waals surface area contributed by atoms with Gasteiger partial charge in [0.1, 0.15) is 0 Å². The van der Waals surface area contributed by atoms with Gasteiger partial charge in [-0.15, -0.1) is 11.8 Å². The van der Waals surface area contributed by atoms with Gasteiger partial charge in [-0.25, -0.2) is 0 Å². The van der Waals surface area contributed by atoms with Crippen molar-refractivity contribution in [1.82, 2.24) is 4.98 Å². The molecule has 1 aliphatic heterocycles. The molecule has 4 nitrogen and oxygen atoms in total. The van der Waals surface area contributed by atoms with E-state index in [0.717, 1.165) is 28.5 Å². The van der Waals surface area contributed by atoms with Crippen LogP contribution in [0.3, 0.4) is 0 Å². The van der Waals surface area contributed by atoms with Crippen LogP contribution in [0.4, 0.5) is 0 Å². The van der Waals surface area contributed by atoms with Crippen LogP contribution < -0.4 is 15.2 Å². The van der Waals surface area contributed by atoms with E-state index < -0.39 is 0 Å². The minimum Gasteiger partial charge on any atom is -0.490 e. The maximum absolute atomic E-state index is 5.90. The van der Waals surface area contributed by atoms with Gasteiger partial charge >= 0.3 is 0 Å². The van der Waals surface area contributed by atoms with E-state index in [-0.39, 0.29) is 5.25 Å². The van der Waals surface area contributed by atoms with Gasteiger partial charge in [0, 0.05) is 24.1 Å². The summed E-state index contributed by atoms with van der Waals surface area (Å²) in [7, 11) is 0. The number of nitrogens with two attached hydrogens (primary N) is 1. The van der Waals surface area contributed by atoms with Crippen molar-refractivity contribution in [3.8, 4) is 11.5 Å². The van der Waals surface area contributed by atoms with Crippen molar-refractivity contribution < 1.29 is 9.47 Å². The molecule has 3 rings (SSSR count). The average Bonchev–Trinajstić information content (AvgIpc) is 2.78. The van der Waals surface area contributed by atoms with Crippen molar-refractivity contribution in [3.63, 3.8) is 0 Å². The first-order valence-electron chi connectivity index (χ1n) is 7.04. The van der Waals surface area contributed by atoms with E-state index in [1.807, 2.05) is 36.4 Å². The average molecular weight is 302 g/mol. The number of pyridine rings is 1. The number of hydrogen-bond donors (Lipinski definition) is 1. The van der Waals surface area contributed by atoms with Gasteiger partial charge in [0.2, 0.25) is 0 Å². The van der Waals surface area contributed by atoms with E-state index in [1.54, 1.807) is 18.0 Å². The normalized spacial score (nSPS) is 15.3. The Morgan fingerprint density at radius 2 is 2.00 bits per heavy atom. The number of hydrogen-bond acceptors (Lipinski definition) is 5. The fraction of sp³-hybridized carbons (Fsp3) is 0.312. The molecule has 1 aromatic heterocycles. The van der Waals surface area contributed by atoms with E-state index in [1.165, 1.54) is 0 Å². The van der Waals surface area contributed by atoms with Crippen LogP contribution in [0.15, 0.2) is 47.5 Å². The molecule has 1 aliphatic rings. The third kappa shape index (κ3) is 3.49. The van der Waals surface area contributed by atoms with Gasteiger partial charge in [-0.05, 0) is 30.3 Å². The summed E-state index contributed by atoms with van der Waals surface area (Å²) in [5.74, 6) is 1.63. The molecule has 1 atom stereocenters. The lowest BCUT2D eigenvalue weighted by Crippen LogP contribution is -2.10. The van der Waals surface area contributed by atoms with Gasteiger partial charge in [0.25, 0.3) is 0 Å². The number of rotatable bonds is 4. The molecular formula is C16H18N2O2S. The van der Waals surface area contributed by atoms with Crippen molar-refractivity contribution in [2.24, 2.45) is 5.73 Å². The Balaban J connectivity index is 1.79. The summed E-state index contributed by atoms with van der Waals surface area (Å²) in [4.78, 5) is 5.50. The van der Waals surface area contributed by atoms with E-state index in [4.69, 9.17) is 15.2 Å². The quantitative estimate of drug-likeness (QED) is 0.880. The zero-order chi connectivity index (χ0) is 14.5. The van der Waals surface area contributed by atoms with Crippen LogP contribution in [0.1, 0.15) is 17.4 Å². The molecule has 1 aromatic carbocycles. The Morgan fingerprint density at radius 3 is 2.76 bits per heavy atom. The highest BCUT2D eigenvalue weighted by atomic mass is 32.2. The van der Waals surface area contributed by atoms with Crippen LogP contribution in [0, 0.1) is 0 Å². The molecule has 2 aromatic rings. The van der Waals surface area contributed by atoms with E-state index in [9.17, 15) is 0 Å². The first kappa shape index (κ1) is 14.2. The largest absolute Gasteiger partial charge is 0.490 e. The van der Waals surface area contributed by atoms with Crippen LogP contribution in [-0.2, 0) is 0 Å². The molecule has 110 valence electrons. The molecule has 2 N–H and O–H groups in total. The zero-order valence-corrected chi connectivity index (χ0v) is 12.5. The lowest BCUT2D eigenvalue weighted by molar-refractivity contribution is 0.297. The van der Waals surface area contributed by atoms with Crippen molar-refractivity contribution in [2.45, 2.75) is 16.6 Å². The van der Waals surface area contributed by atoms with E-state index in [0.29, 0.717) is 19.8 Å². The first-order valence-corrected chi connectivity index (χ1v) is 7.92. The molecule has 0 saturated carbocycles. The van der Waals surface area contributed by atoms with Gasteiger partial charge in [0.15, 0.2) is 11.5 Å². The van der Waals surface area contributed by atoms with E-state index in [2.05, 4.69) is 4.98 Å². The Hall–Kier alpha value is -1.72. The lowest BCUT2D eigenvalue weighted by Gasteiger charge is -2.15. The van der Waals surface area contributed by atoms with Crippen LogP contribution in [0.25, 0.3) is 0 Å². The van der Waals surface area contributed by atoms with Crippen molar-refractivity contribution in [3.05, 3.63) is 48.3 Å². The van der Waals surface area contributed by atoms with Gasteiger partial charge < -0.3 is 15.2 Å². The molecule has 0 saturated heterocycles. The molecule has 21 heavy (non-hydrogen) atoms. The highest BCUT2D eigenvalue weighted by Crippen LogP contribution is 2.39. The van der Waals surface area contributed by atoms with Gasteiger partial charge in [0.05, 0.1) is 24.2 Å². The summed E-state index contributed by atoms with van der Waals surface area (Å²) in [5, 5.41) is 0.135. The van der Waals surface area contributed by atoms with Gasteiger partial charge in [-0.2, -0.15) is 0 Å². The highest BCUT2D eigenvalue weighted by Gasteiger charge is 2.15. The molecule has 0 spiro atoms. The number of fused-ring (bicyclic) bond motifs is 1. The number of ether oxygens (including phenoxy) is 2. The molecule has 5 heteroatoms. The van der Waals surface area contributed by atoms with Crippen LogP contribution in [0.2, 0.25) is 0 Å². The third-order valence-corrected chi connectivity index (χ3v) is 4.47. The molecule has 1 unspecified atom stereocenters. The molecule has 0 fully saturated rings. The fourth-order valence-corrected chi connectivity index (χ4v) is 3.18. The molecule has 2 heterocycles. The standard InChI is InChI=1S/C16H18N2O2S/c17-11-16(13-4-1-2-7-18-13)21-12-5-6-14-15(10-12)20-9-3-8-19-14/h1-2,4-7,10,16H,3,8-9,11,17H2. The highest BCUT2D eigenvalue weighted by molar-refractivity contribution is 7.99. The first-order chi connectivity index (χ1) is 10.4. The summed E-state index contributed by atoms with van der Waals surface area (Å²) in [6.45, 7) is 1.94. The molecule has 0 aliphatic carbocycles. The predicted molar refractivity (Wildman–Crippen MR) is 83.9 cm³/mol. The smallest absolute Gasteiger partial charge is 0.162 e. The number of nitrogens with zero attached hydrogens (tertiary/aromatic N) is 1. The third-order valence-electron chi connectivity index (χ3n) is 3.23. The second-order valence-corrected chi connectivity index (χ2v) is 6.03. The molecule has 0 radical (unpaired) electrons. The minimum atomic E-state index is 0.135. The second-order valence-electron chi connectivity index (χ2n) is 4.76. The molecule has 0 bridgehead atoms. The Morgan fingerprint density at radius 1 is 1.14 bits per heavy atom. The second kappa shape index (κ2) is 6.83. The molecule has 0 amide bonds. The van der Waals surface area contributed by atoms with E-state index >= 15 is 0 Å². The SMILES string of the molecule is NCC(Sc1ccc2c(c1)OCCCO2)c1ccccn1. The lowest BCUT2D eigenvalue weighted by atomic mass is 10.3. The summed E-state index contributed by atoms with van der Waals surface area (Å²) in [5.41, 5.74) is 6.90. The summed E-state index contributed by atoms with van der Waals surface area (Å²) < 4.78 is 11.4.